The molecule has 0 aromatic carbocycles. The van der Waals surface area contributed by atoms with Crippen molar-refractivity contribution in [2.75, 3.05) is 0 Å². The van der Waals surface area contributed by atoms with Crippen molar-refractivity contribution in [3.8, 4) is 0 Å². The molecule has 0 aliphatic heterocycles. The summed E-state index contributed by atoms with van der Waals surface area (Å²) in [6.07, 6.45) is 4.93. The highest BCUT2D eigenvalue weighted by molar-refractivity contribution is 5.84. The third-order valence-electron chi connectivity index (χ3n) is 5.62. The molecule has 0 saturated heterocycles. The highest BCUT2D eigenvalue weighted by atomic mass is 16.1. The van der Waals surface area contributed by atoms with Gasteiger partial charge in [0.05, 0.1) is 0 Å². The predicted molar refractivity (Wildman–Crippen MR) is 88.0 cm³/mol. The minimum absolute atomic E-state index is 0.0408. The smallest absolute Gasteiger partial charge is 0.134 e. The number of ketones is 1. The Morgan fingerprint density at radius 1 is 0.857 bits per heavy atom. The van der Waals surface area contributed by atoms with Gasteiger partial charge in [-0.1, -0.05) is 53.2 Å². The van der Waals surface area contributed by atoms with E-state index < -0.39 is 0 Å². The fraction of sp³-hybridized carbons (Fsp3) is 0.650. The molecule has 0 bridgehead atoms. The molecule has 0 radical (unpaired) electrons. The molecule has 0 aromatic heterocycles. The Labute approximate surface area is 129 Å². The summed E-state index contributed by atoms with van der Waals surface area (Å²) in [5.41, 5.74) is 7.56. The minimum Gasteiger partial charge on any atom is -0.300 e. The van der Waals surface area contributed by atoms with Crippen molar-refractivity contribution in [3.63, 3.8) is 0 Å². The average molecular weight is 284 g/mol. The number of Topliss-reactive ketones (excluding diaryl/α,β-unsaturated/α-hetero) is 1. The van der Waals surface area contributed by atoms with Crippen LogP contribution >= 0.6 is 0 Å². The molecule has 1 nitrogen and oxygen atoms in total. The zero-order valence-corrected chi connectivity index (χ0v) is 14.6. The first-order valence-electron chi connectivity index (χ1n) is 8.15. The van der Waals surface area contributed by atoms with Crippen LogP contribution in [0.4, 0.5) is 0 Å². The first-order valence-corrected chi connectivity index (χ1v) is 8.15. The second-order valence-corrected chi connectivity index (χ2v) is 9.22. The van der Waals surface area contributed by atoms with Gasteiger partial charge in [-0.25, -0.2) is 0 Å². The number of hydrogen-bond donors (Lipinski definition) is 0. The molecular formula is C20H28O. The van der Waals surface area contributed by atoms with Crippen LogP contribution in [-0.4, -0.2) is 5.78 Å². The zero-order chi connectivity index (χ0) is 15.8. The van der Waals surface area contributed by atoms with E-state index in [1.807, 2.05) is 0 Å². The van der Waals surface area contributed by atoms with E-state index in [-0.39, 0.29) is 16.2 Å². The highest BCUT2D eigenvalue weighted by Crippen LogP contribution is 2.60. The molecule has 0 unspecified atom stereocenters. The van der Waals surface area contributed by atoms with E-state index in [4.69, 9.17) is 0 Å². The Hall–Kier alpha value is -1.11. The van der Waals surface area contributed by atoms with Gasteiger partial charge < -0.3 is 0 Å². The summed E-state index contributed by atoms with van der Waals surface area (Å²) in [4.78, 5) is 12.4. The van der Waals surface area contributed by atoms with Gasteiger partial charge in [0.2, 0.25) is 0 Å². The molecule has 0 saturated carbocycles. The lowest BCUT2D eigenvalue weighted by Crippen LogP contribution is -2.20. The van der Waals surface area contributed by atoms with Gasteiger partial charge in [0, 0.05) is 12.8 Å². The fourth-order valence-electron chi connectivity index (χ4n) is 4.85. The molecular weight excluding hydrogens is 256 g/mol. The van der Waals surface area contributed by atoms with Gasteiger partial charge in [0.25, 0.3) is 0 Å². The van der Waals surface area contributed by atoms with Gasteiger partial charge >= 0.3 is 0 Å². The fourth-order valence-corrected chi connectivity index (χ4v) is 4.85. The van der Waals surface area contributed by atoms with Crippen LogP contribution in [0, 0.1) is 16.2 Å². The van der Waals surface area contributed by atoms with E-state index in [1.54, 1.807) is 0 Å². The monoisotopic (exact) mass is 284 g/mol. The van der Waals surface area contributed by atoms with E-state index in [1.165, 1.54) is 27.9 Å². The average Bonchev–Trinajstić information content (AvgIpc) is 2.73. The molecule has 1 heteroatoms. The molecule has 114 valence electrons. The Morgan fingerprint density at radius 3 is 2.05 bits per heavy atom. The zero-order valence-electron chi connectivity index (χ0n) is 14.6. The van der Waals surface area contributed by atoms with Crippen molar-refractivity contribution in [1.82, 2.24) is 0 Å². The minimum atomic E-state index is -0.0462. The Kier molecular flexibility index (Phi) is 2.82. The largest absolute Gasteiger partial charge is 0.300 e. The van der Waals surface area contributed by atoms with E-state index in [9.17, 15) is 4.79 Å². The van der Waals surface area contributed by atoms with E-state index in [0.717, 1.165) is 6.42 Å². The summed E-state index contributed by atoms with van der Waals surface area (Å²) in [5.74, 6) is 0.407. The number of rotatable bonds is 0. The summed E-state index contributed by atoms with van der Waals surface area (Å²) in [5, 5.41) is 0. The van der Waals surface area contributed by atoms with E-state index in [2.05, 4.69) is 54.5 Å². The SMILES string of the molecule is CC1=C2C(=CC3=C2C(C)(C)CC(=O)CC3(C)C)C(C)(C)C1. The van der Waals surface area contributed by atoms with Gasteiger partial charge in [0.1, 0.15) is 5.78 Å². The molecule has 0 heterocycles. The van der Waals surface area contributed by atoms with Gasteiger partial charge in [-0.2, -0.15) is 0 Å². The maximum atomic E-state index is 12.4. The maximum absolute atomic E-state index is 12.4. The molecule has 0 N–H and O–H groups in total. The first kappa shape index (κ1) is 14.8. The van der Waals surface area contributed by atoms with Crippen LogP contribution in [0.25, 0.3) is 0 Å². The molecule has 3 rings (SSSR count). The molecule has 0 spiro atoms. The van der Waals surface area contributed by atoms with Crippen LogP contribution in [0.3, 0.4) is 0 Å². The number of hydrogen-bond acceptors (Lipinski definition) is 1. The molecule has 0 aromatic rings. The lowest BCUT2D eigenvalue weighted by atomic mass is 9.74. The second-order valence-electron chi connectivity index (χ2n) is 9.22. The van der Waals surface area contributed by atoms with Crippen LogP contribution < -0.4 is 0 Å². The second kappa shape index (κ2) is 4.00. The van der Waals surface area contributed by atoms with Crippen LogP contribution in [0.5, 0.6) is 0 Å². The molecule has 21 heavy (non-hydrogen) atoms. The number of fused-ring (bicyclic) bond motifs is 2. The number of allylic oxidation sites excluding steroid dienone is 6. The van der Waals surface area contributed by atoms with Crippen molar-refractivity contribution < 1.29 is 4.79 Å². The predicted octanol–water partition coefficient (Wildman–Crippen LogP) is 5.38. The van der Waals surface area contributed by atoms with Crippen molar-refractivity contribution in [2.24, 2.45) is 16.2 Å². The summed E-state index contributed by atoms with van der Waals surface area (Å²) in [6.45, 7) is 16.0. The Morgan fingerprint density at radius 2 is 1.43 bits per heavy atom. The Bertz CT molecular complexity index is 633. The van der Waals surface area contributed by atoms with E-state index >= 15 is 0 Å². The first-order chi connectivity index (χ1) is 9.46. The van der Waals surface area contributed by atoms with Crippen LogP contribution in [0.1, 0.15) is 67.7 Å². The van der Waals surface area contributed by atoms with Crippen LogP contribution in [0.2, 0.25) is 0 Å². The highest BCUT2D eigenvalue weighted by Gasteiger charge is 2.48. The Balaban J connectivity index is 2.28. The number of carbonyl (C=O) groups is 1. The van der Waals surface area contributed by atoms with Crippen molar-refractivity contribution in [1.29, 1.82) is 0 Å². The van der Waals surface area contributed by atoms with Crippen LogP contribution in [-0.2, 0) is 4.79 Å². The van der Waals surface area contributed by atoms with Crippen molar-refractivity contribution in [3.05, 3.63) is 33.9 Å². The van der Waals surface area contributed by atoms with Gasteiger partial charge in [-0.3, -0.25) is 4.79 Å². The van der Waals surface area contributed by atoms with Gasteiger partial charge in [0.15, 0.2) is 0 Å². The molecule has 3 aliphatic rings. The normalized spacial score (nSPS) is 29.3. The quantitative estimate of drug-likeness (QED) is 0.583. The maximum Gasteiger partial charge on any atom is 0.134 e. The van der Waals surface area contributed by atoms with Crippen LogP contribution in [0.15, 0.2) is 33.9 Å². The molecule has 0 amide bonds. The third-order valence-corrected chi connectivity index (χ3v) is 5.62. The third kappa shape index (κ3) is 2.00. The summed E-state index contributed by atoms with van der Waals surface area (Å²) in [7, 11) is 0. The van der Waals surface area contributed by atoms with Gasteiger partial charge in [-0.15, -0.1) is 0 Å². The summed E-state index contributed by atoms with van der Waals surface area (Å²) in [6, 6.07) is 0. The molecule has 3 aliphatic carbocycles. The lowest BCUT2D eigenvalue weighted by Gasteiger charge is -2.29. The molecule has 0 atom stereocenters. The lowest BCUT2D eigenvalue weighted by molar-refractivity contribution is -0.121. The van der Waals surface area contributed by atoms with Crippen molar-refractivity contribution in [2.45, 2.75) is 67.7 Å². The summed E-state index contributed by atoms with van der Waals surface area (Å²) < 4.78 is 0. The van der Waals surface area contributed by atoms with Gasteiger partial charge in [-0.05, 0) is 51.9 Å². The summed E-state index contributed by atoms with van der Waals surface area (Å²) >= 11 is 0. The topological polar surface area (TPSA) is 17.1 Å². The molecule has 0 fully saturated rings. The number of carbonyl (C=O) groups excluding carboxylic acids is 1. The standard InChI is InChI=1S/C20H28O/c1-12-9-18(2,3)14-8-15-17(16(12)14)20(6,7)11-13(21)10-19(15,4)5/h8H,9-11H2,1-7H3. The van der Waals surface area contributed by atoms with Crippen molar-refractivity contribution >= 4 is 5.78 Å². The van der Waals surface area contributed by atoms with E-state index in [0.29, 0.717) is 18.6 Å².